The van der Waals surface area contributed by atoms with Crippen LogP contribution in [0, 0.1) is 11.3 Å². The standard InChI is InChI=1S/C14H20O/c15-13-12-7-3-2-6-11(12)10-14(13)8-4-1-5-9-14/h10,12H,1-9H2. The molecule has 3 aliphatic rings. The first kappa shape index (κ1) is 9.62. The fraction of sp³-hybridized carbons (Fsp3) is 0.786. The van der Waals surface area contributed by atoms with Gasteiger partial charge in [0.1, 0.15) is 5.78 Å². The summed E-state index contributed by atoms with van der Waals surface area (Å²) in [7, 11) is 0. The number of fused-ring (bicyclic) bond motifs is 1. The molecular formula is C14H20O. The lowest BCUT2D eigenvalue weighted by Crippen LogP contribution is -2.32. The zero-order valence-electron chi connectivity index (χ0n) is 9.43. The Morgan fingerprint density at radius 3 is 2.60 bits per heavy atom. The van der Waals surface area contributed by atoms with Crippen LogP contribution in [0.1, 0.15) is 57.8 Å². The second-order valence-electron chi connectivity index (χ2n) is 5.60. The summed E-state index contributed by atoms with van der Waals surface area (Å²) in [5.74, 6) is 0.939. The van der Waals surface area contributed by atoms with Crippen LogP contribution >= 0.6 is 0 Å². The van der Waals surface area contributed by atoms with Gasteiger partial charge < -0.3 is 0 Å². The van der Waals surface area contributed by atoms with Crippen molar-refractivity contribution in [3.05, 3.63) is 11.6 Å². The van der Waals surface area contributed by atoms with Crippen LogP contribution in [0.25, 0.3) is 0 Å². The fourth-order valence-corrected chi connectivity index (χ4v) is 3.86. The van der Waals surface area contributed by atoms with Gasteiger partial charge in [-0.3, -0.25) is 4.79 Å². The number of ketones is 1. The average molecular weight is 204 g/mol. The van der Waals surface area contributed by atoms with Crippen LogP contribution in [0.2, 0.25) is 0 Å². The lowest BCUT2D eigenvalue weighted by atomic mass is 9.71. The molecule has 1 heteroatoms. The Kier molecular flexibility index (Phi) is 2.22. The molecule has 0 aliphatic heterocycles. The maximum Gasteiger partial charge on any atom is 0.149 e. The lowest BCUT2D eigenvalue weighted by molar-refractivity contribution is -0.129. The molecule has 0 amide bonds. The molecule has 0 bridgehead atoms. The van der Waals surface area contributed by atoms with E-state index >= 15 is 0 Å². The zero-order chi connectivity index (χ0) is 10.3. The number of hydrogen-bond acceptors (Lipinski definition) is 1. The van der Waals surface area contributed by atoms with E-state index in [9.17, 15) is 4.79 Å². The molecule has 1 nitrogen and oxygen atoms in total. The summed E-state index contributed by atoms with van der Waals surface area (Å²) in [6, 6.07) is 0. The Bertz CT molecular complexity index is 307. The molecule has 3 rings (SSSR count). The predicted octanol–water partition coefficient (Wildman–Crippen LogP) is 3.64. The first-order valence-corrected chi connectivity index (χ1v) is 6.58. The van der Waals surface area contributed by atoms with E-state index < -0.39 is 0 Å². The molecule has 0 N–H and O–H groups in total. The molecule has 1 unspecified atom stereocenters. The smallest absolute Gasteiger partial charge is 0.149 e. The average Bonchev–Trinajstić information content (AvgIpc) is 2.54. The quantitative estimate of drug-likeness (QED) is 0.551. The van der Waals surface area contributed by atoms with E-state index in [1.165, 1.54) is 44.1 Å². The molecule has 2 fully saturated rings. The molecule has 0 radical (unpaired) electrons. The number of rotatable bonds is 0. The predicted molar refractivity (Wildman–Crippen MR) is 60.6 cm³/mol. The van der Waals surface area contributed by atoms with E-state index in [2.05, 4.69) is 6.08 Å². The minimum atomic E-state index is 0.0165. The summed E-state index contributed by atoms with van der Waals surface area (Å²) in [5, 5.41) is 0. The maximum absolute atomic E-state index is 12.5. The summed E-state index contributed by atoms with van der Waals surface area (Å²) in [6.45, 7) is 0. The topological polar surface area (TPSA) is 17.1 Å². The Morgan fingerprint density at radius 2 is 1.87 bits per heavy atom. The van der Waals surface area contributed by atoms with Crippen LogP contribution in [0.4, 0.5) is 0 Å². The Labute approximate surface area is 91.9 Å². The van der Waals surface area contributed by atoms with Gasteiger partial charge in [-0.15, -0.1) is 0 Å². The molecule has 0 heterocycles. The Morgan fingerprint density at radius 1 is 1.07 bits per heavy atom. The molecular weight excluding hydrogens is 184 g/mol. The van der Waals surface area contributed by atoms with Gasteiger partial charge in [0.05, 0.1) is 0 Å². The van der Waals surface area contributed by atoms with Crippen molar-refractivity contribution in [3.8, 4) is 0 Å². The van der Waals surface area contributed by atoms with Crippen molar-refractivity contribution >= 4 is 5.78 Å². The van der Waals surface area contributed by atoms with Gasteiger partial charge in [0.25, 0.3) is 0 Å². The van der Waals surface area contributed by atoms with Gasteiger partial charge in [0.15, 0.2) is 0 Å². The minimum absolute atomic E-state index is 0.0165. The van der Waals surface area contributed by atoms with Crippen LogP contribution in [-0.2, 0) is 4.79 Å². The third kappa shape index (κ3) is 1.39. The third-order valence-electron chi connectivity index (χ3n) is 4.67. The highest BCUT2D eigenvalue weighted by atomic mass is 16.1. The molecule has 3 aliphatic carbocycles. The summed E-state index contributed by atoms with van der Waals surface area (Å²) in [4.78, 5) is 12.5. The molecule has 0 aromatic heterocycles. The van der Waals surface area contributed by atoms with Gasteiger partial charge >= 0.3 is 0 Å². The first-order chi connectivity index (χ1) is 7.32. The minimum Gasteiger partial charge on any atom is -0.298 e. The van der Waals surface area contributed by atoms with E-state index in [0.717, 1.165) is 19.3 Å². The van der Waals surface area contributed by atoms with E-state index in [1.807, 2.05) is 0 Å². The van der Waals surface area contributed by atoms with Crippen LogP contribution in [0.3, 0.4) is 0 Å². The first-order valence-electron chi connectivity index (χ1n) is 6.58. The zero-order valence-corrected chi connectivity index (χ0v) is 9.43. The van der Waals surface area contributed by atoms with Gasteiger partial charge in [-0.25, -0.2) is 0 Å². The highest BCUT2D eigenvalue weighted by molar-refractivity contribution is 5.94. The molecule has 0 aromatic rings. The van der Waals surface area contributed by atoms with E-state index in [-0.39, 0.29) is 5.41 Å². The molecule has 0 saturated heterocycles. The molecule has 1 atom stereocenters. The van der Waals surface area contributed by atoms with Gasteiger partial charge in [-0.1, -0.05) is 37.3 Å². The number of carbonyl (C=O) groups is 1. The van der Waals surface area contributed by atoms with Crippen LogP contribution in [0.5, 0.6) is 0 Å². The van der Waals surface area contributed by atoms with E-state index in [4.69, 9.17) is 0 Å². The number of allylic oxidation sites excluding steroid dienone is 2. The summed E-state index contributed by atoms with van der Waals surface area (Å²) >= 11 is 0. The second kappa shape index (κ2) is 3.47. The van der Waals surface area contributed by atoms with Crippen molar-refractivity contribution < 1.29 is 4.79 Å². The van der Waals surface area contributed by atoms with E-state index in [0.29, 0.717) is 11.7 Å². The van der Waals surface area contributed by atoms with Gasteiger partial charge in [-0.2, -0.15) is 0 Å². The Balaban J connectivity index is 1.91. The van der Waals surface area contributed by atoms with Crippen molar-refractivity contribution in [3.63, 3.8) is 0 Å². The summed E-state index contributed by atoms with van der Waals surface area (Å²) in [6.07, 6.45) is 13.5. The second-order valence-corrected chi connectivity index (χ2v) is 5.60. The van der Waals surface area contributed by atoms with Crippen molar-refractivity contribution in [2.24, 2.45) is 11.3 Å². The van der Waals surface area contributed by atoms with Crippen LogP contribution in [-0.4, -0.2) is 5.78 Å². The highest BCUT2D eigenvalue weighted by Gasteiger charge is 2.47. The number of Topliss-reactive ketones (excluding diaryl/α,β-unsaturated/α-hetero) is 1. The largest absolute Gasteiger partial charge is 0.298 e. The SMILES string of the molecule is O=C1C2CCCCC2=CC12CCCCC2. The maximum atomic E-state index is 12.5. The van der Waals surface area contributed by atoms with Gasteiger partial charge in [-0.05, 0) is 32.1 Å². The molecule has 0 aromatic carbocycles. The molecule has 15 heavy (non-hydrogen) atoms. The van der Waals surface area contributed by atoms with Crippen molar-refractivity contribution in [1.82, 2.24) is 0 Å². The van der Waals surface area contributed by atoms with Crippen LogP contribution in [0.15, 0.2) is 11.6 Å². The lowest BCUT2D eigenvalue weighted by Gasteiger charge is -2.31. The summed E-state index contributed by atoms with van der Waals surface area (Å²) < 4.78 is 0. The molecule has 1 spiro atoms. The van der Waals surface area contributed by atoms with Gasteiger partial charge in [0, 0.05) is 11.3 Å². The van der Waals surface area contributed by atoms with Crippen molar-refractivity contribution in [2.75, 3.05) is 0 Å². The monoisotopic (exact) mass is 204 g/mol. The van der Waals surface area contributed by atoms with E-state index in [1.54, 1.807) is 0 Å². The normalized spacial score (nSPS) is 34.0. The van der Waals surface area contributed by atoms with Gasteiger partial charge in [0.2, 0.25) is 0 Å². The molecule has 2 saturated carbocycles. The fourth-order valence-electron chi connectivity index (χ4n) is 3.86. The summed E-state index contributed by atoms with van der Waals surface area (Å²) in [5.41, 5.74) is 1.52. The van der Waals surface area contributed by atoms with Crippen molar-refractivity contribution in [1.29, 1.82) is 0 Å². The number of hydrogen-bond donors (Lipinski definition) is 0. The highest BCUT2D eigenvalue weighted by Crippen LogP contribution is 2.50. The number of carbonyl (C=O) groups excluding carboxylic acids is 1. The van der Waals surface area contributed by atoms with Crippen molar-refractivity contribution in [2.45, 2.75) is 57.8 Å². The Hall–Kier alpha value is -0.590. The van der Waals surface area contributed by atoms with Crippen LogP contribution < -0.4 is 0 Å². The molecule has 82 valence electrons. The third-order valence-corrected chi connectivity index (χ3v) is 4.67.